The van der Waals surface area contributed by atoms with E-state index in [2.05, 4.69) is 29.7 Å². The minimum Gasteiger partial charge on any atom is -0.384 e. The van der Waals surface area contributed by atoms with Gasteiger partial charge in [-0.05, 0) is 36.6 Å². The Kier molecular flexibility index (Phi) is 5.25. The van der Waals surface area contributed by atoms with Crippen molar-refractivity contribution < 1.29 is 4.79 Å². The van der Waals surface area contributed by atoms with Gasteiger partial charge in [0.1, 0.15) is 0 Å². The van der Waals surface area contributed by atoms with Crippen molar-refractivity contribution in [3.8, 4) is 0 Å². The summed E-state index contributed by atoms with van der Waals surface area (Å²) in [5.41, 5.74) is 3.44. The van der Waals surface area contributed by atoms with Crippen LogP contribution in [0.3, 0.4) is 0 Å². The van der Waals surface area contributed by atoms with Crippen LogP contribution in [0.2, 0.25) is 0 Å². The second kappa shape index (κ2) is 7.17. The molecule has 1 amide bonds. The third-order valence-corrected chi connectivity index (χ3v) is 3.61. The van der Waals surface area contributed by atoms with Crippen LogP contribution in [0.5, 0.6) is 0 Å². The lowest BCUT2D eigenvalue weighted by Crippen LogP contribution is -2.11. The van der Waals surface area contributed by atoms with E-state index in [1.807, 2.05) is 6.07 Å². The standard InChI is InChI=1S/C16H24N2O/c1-2-3-4-5-6-7-16(19)18-14-8-9-15-13(12-14)10-11-17-15/h8-9,12,17H,2-7,10-11H2,1H3,(H,18,19). The van der Waals surface area contributed by atoms with E-state index in [4.69, 9.17) is 0 Å². The molecule has 0 saturated heterocycles. The van der Waals surface area contributed by atoms with Crippen molar-refractivity contribution in [2.75, 3.05) is 17.2 Å². The lowest BCUT2D eigenvalue weighted by Gasteiger charge is -2.07. The molecule has 0 aromatic heterocycles. The molecule has 104 valence electrons. The number of amides is 1. The Bertz CT molecular complexity index is 429. The summed E-state index contributed by atoms with van der Waals surface area (Å²) in [6, 6.07) is 6.12. The Labute approximate surface area is 115 Å². The number of carbonyl (C=O) groups excluding carboxylic acids is 1. The monoisotopic (exact) mass is 260 g/mol. The van der Waals surface area contributed by atoms with E-state index in [1.54, 1.807) is 0 Å². The average molecular weight is 260 g/mol. The summed E-state index contributed by atoms with van der Waals surface area (Å²) < 4.78 is 0. The van der Waals surface area contributed by atoms with Gasteiger partial charge in [-0.1, -0.05) is 32.6 Å². The van der Waals surface area contributed by atoms with Crippen LogP contribution in [-0.2, 0) is 11.2 Å². The lowest BCUT2D eigenvalue weighted by atomic mass is 10.1. The van der Waals surface area contributed by atoms with Crippen molar-refractivity contribution in [2.45, 2.75) is 51.9 Å². The van der Waals surface area contributed by atoms with Crippen molar-refractivity contribution in [2.24, 2.45) is 0 Å². The third-order valence-electron chi connectivity index (χ3n) is 3.61. The first kappa shape index (κ1) is 13.9. The molecule has 1 aliphatic rings. The first-order chi connectivity index (χ1) is 9.29. The van der Waals surface area contributed by atoms with Crippen LogP contribution in [0.4, 0.5) is 11.4 Å². The van der Waals surface area contributed by atoms with Gasteiger partial charge >= 0.3 is 0 Å². The minimum absolute atomic E-state index is 0.141. The van der Waals surface area contributed by atoms with Gasteiger partial charge in [0.2, 0.25) is 5.91 Å². The molecule has 0 unspecified atom stereocenters. The third kappa shape index (κ3) is 4.27. The molecule has 0 aliphatic carbocycles. The highest BCUT2D eigenvalue weighted by Gasteiger charge is 2.10. The van der Waals surface area contributed by atoms with Gasteiger partial charge in [-0.15, -0.1) is 0 Å². The van der Waals surface area contributed by atoms with E-state index < -0.39 is 0 Å². The van der Waals surface area contributed by atoms with E-state index >= 15 is 0 Å². The number of hydrogen-bond donors (Lipinski definition) is 2. The predicted octanol–water partition coefficient (Wildman–Crippen LogP) is 3.95. The zero-order valence-electron chi connectivity index (χ0n) is 11.8. The fraction of sp³-hybridized carbons (Fsp3) is 0.562. The van der Waals surface area contributed by atoms with Crippen LogP contribution in [0, 0.1) is 0 Å². The molecule has 1 aromatic carbocycles. The maximum absolute atomic E-state index is 11.8. The fourth-order valence-corrected chi connectivity index (χ4v) is 2.50. The van der Waals surface area contributed by atoms with Crippen LogP contribution in [-0.4, -0.2) is 12.5 Å². The molecule has 1 aromatic rings. The van der Waals surface area contributed by atoms with Gasteiger partial charge in [0.05, 0.1) is 0 Å². The quantitative estimate of drug-likeness (QED) is 0.729. The maximum Gasteiger partial charge on any atom is 0.224 e. The summed E-state index contributed by atoms with van der Waals surface area (Å²) >= 11 is 0. The molecular formula is C16H24N2O. The molecule has 0 fully saturated rings. The Hall–Kier alpha value is -1.51. The number of rotatable bonds is 7. The van der Waals surface area contributed by atoms with Gasteiger partial charge in [-0.2, -0.15) is 0 Å². The van der Waals surface area contributed by atoms with Gasteiger partial charge in [0.15, 0.2) is 0 Å². The molecule has 2 rings (SSSR count). The molecule has 1 aliphatic heterocycles. The number of unbranched alkanes of at least 4 members (excludes halogenated alkanes) is 4. The largest absolute Gasteiger partial charge is 0.384 e. The van der Waals surface area contributed by atoms with Gasteiger partial charge in [-0.25, -0.2) is 0 Å². The van der Waals surface area contributed by atoms with Gasteiger partial charge in [0.25, 0.3) is 0 Å². The SMILES string of the molecule is CCCCCCCC(=O)Nc1ccc2c(c1)CCN2. The van der Waals surface area contributed by atoms with E-state index in [1.165, 1.54) is 30.5 Å². The van der Waals surface area contributed by atoms with E-state index in [0.29, 0.717) is 6.42 Å². The molecule has 3 heteroatoms. The number of hydrogen-bond acceptors (Lipinski definition) is 2. The number of benzene rings is 1. The van der Waals surface area contributed by atoms with Crippen LogP contribution < -0.4 is 10.6 Å². The van der Waals surface area contributed by atoms with E-state index in [9.17, 15) is 4.79 Å². The summed E-state index contributed by atoms with van der Waals surface area (Å²) in [5, 5.41) is 6.32. The number of nitrogens with one attached hydrogen (secondary N) is 2. The highest BCUT2D eigenvalue weighted by molar-refractivity contribution is 5.91. The molecule has 0 saturated carbocycles. The highest BCUT2D eigenvalue weighted by atomic mass is 16.1. The molecular weight excluding hydrogens is 236 g/mol. The van der Waals surface area contributed by atoms with Crippen molar-refractivity contribution in [1.82, 2.24) is 0 Å². The zero-order valence-corrected chi connectivity index (χ0v) is 11.8. The molecule has 0 atom stereocenters. The summed E-state index contributed by atoms with van der Waals surface area (Å²) in [6.07, 6.45) is 7.62. The Morgan fingerprint density at radius 1 is 1.26 bits per heavy atom. The molecule has 3 nitrogen and oxygen atoms in total. The van der Waals surface area contributed by atoms with Crippen molar-refractivity contribution in [1.29, 1.82) is 0 Å². The Morgan fingerprint density at radius 3 is 2.95 bits per heavy atom. The van der Waals surface area contributed by atoms with Crippen LogP contribution in [0.15, 0.2) is 18.2 Å². The Balaban J connectivity index is 1.73. The molecule has 2 N–H and O–H groups in total. The second-order valence-corrected chi connectivity index (χ2v) is 5.26. The summed E-state index contributed by atoms with van der Waals surface area (Å²) in [7, 11) is 0. The normalized spacial score (nSPS) is 12.9. The van der Waals surface area contributed by atoms with E-state index in [0.717, 1.165) is 31.5 Å². The minimum atomic E-state index is 0.141. The number of fused-ring (bicyclic) bond motifs is 1. The molecule has 1 heterocycles. The zero-order chi connectivity index (χ0) is 13.5. The summed E-state index contributed by atoms with van der Waals surface area (Å²) in [5.74, 6) is 0.141. The lowest BCUT2D eigenvalue weighted by molar-refractivity contribution is -0.116. The van der Waals surface area contributed by atoms with Gasteiger partial charge in [-0.3, -0.25) is 4.79 Å². The molecule has 0 radical (unpaired) electrons. The second-order valence-electron chi connectivity index (χ2n) is 5.26. The topological polar surface area (TPSA) is 41.1 Å². The van der Waals surface area contributed by atoms with Gasteiger partial charge < -0.3 is 10.6 Å². The van der Waals surface area contributed by atoms with Crippen molar-refractivity contribution in [3.05, 3.63) is 23.8 Å². The maximum atomic E-state index is 11.8. The number of anilines is 2. The summed E-state index contributed by atoms with van der Waals surface area (Å²) in [4.78, 5) is 11.8. The highest BCUT2D eigenvalue weighted by Crippen LogP contribution is 2.25. The van der Waals surface area contributed by atoms with E-state index in [-0.39, 0.29) is 5.91 Å². The first-order valence-corrected chi connectivity index (χ1v) is 7.46. The Morgan fingerprint density at radius 2 is 2.11 bits per heavy atom. The molecule has 0 bridgehead atoms. The van der Waals surface area contributed by atoms with Crippen molar-refractivity contribution >= 4 is 17.3 Å². The van der Waals surface area contributed by atoms with Crippen LogP contribution in [0.25, 0.3) is 0 Å². The number of carbonyl (C=O) groups is 1. The smallest absolute Gasteiger partial charge is 0.224 e. The van der Waals surface area contributed by atoms with Crippen molar-refractivity contribution in [3.63, 3.8) is 0 Å². The molecule has 0 spiro atoms. The van der Waals surface area contributed by atoms with Crippen LogP contribution >= 0.6 is 0 Å². The van der Waals surface area contributed by atoms with Crippen LogP contribution in [0.1, 0.15) is 51.0 Å². The van der Waals surface area contributed by atoms with Gasteiger partial charge in [0, 0.05) is 24.3 Å². The average Bonchev–Trinajstić information content (AvgIpc) is 2.86. The predicted molar refractivity (Wildman–Crippen MR) is 80.6 cm³/mol. The molecule has 19 heavy (non-hydrogen) atoms. The summed E-state index contributed by atoms with van der Waals surface area (Å²) in [6.45, 7) is 3.21. The fourth-order valence-electron chi connectivity index (χ4n) is 2.50. The first-order valence-electron chi connectivity index (χ1n) is 7.46.